The van der Waals surface area contributed by atoms with Crippen molar-refractivity contribution in [1.29, 1.82) is 0 Å². The second kappa shape index (κ2) is 8.75. The molecule has 3 aromatic rings. The number of amides is 1. The highest BCUT2D eigenvalue weighted by atomic mass is 19.1. The van der Waals surface area contributed by atoms with Gasteiger partial charge in [0.1, 0.15) is 24.2 Å². The smallest absolute Gasteiger partial charge is 0.262 e. The molecular formula is C29H29FN4O2. The molecule has 1 saturated heterocycles. The minimum absolute atomic E-state index is 0.0752. The van der Waals surface area contributed by atoms with E-state index in [0.717, 1.165) is 13.1 Å². The third-order valence-corrected chi connectivity index (χ3v) is 7.47. The van der Waals surface area contributed by atoms with Gasteiger partial charge in [0.25, 0.3) is 5.91 Å². The normalized spacial score (nSPS) is 20.6. The Kier molecular flexibility index (Phi) is 5.52. The number of rotatable bonds is 5. The molecule has 1 atom stereocenters. The van der Waals surface area contributed by atoms with Gasteiger partial charge in [-0.2, -0.15) is 5.10 Å². The number of hydrazone groups is 1. The molecule has 0 spiro atoms. The van der Waals surface area contributed by atoms with Crippen LogP contribution in [0.3, 0.4) is 0 Å². The lowest BCUT2D eigenvalue weighted by atomic mass is 9.74. The van der Waals surface area contributed by atoms with Gasteiger partial charge < -0.3 is 9.64 Å². The van der Waals surface area contributed by atoms with E-state index < -0.39 is 6.04 Å². The minimum Gasteiger partial charge on any atom is -0.483 e. The van der Waals surface area contributed by atoms with E-state index in [4.69, 9.17) is 4.74 Å². The molecule has 0 aromatic heterocycles. The topological polar surface area (TPSA) is 57.2 Å². The van der Waals surface area contributed by atoms with Crippen molar-refractivity contribution < 1.29 is 13.9 Å². The number of benzene rings is 3. The van der Waals surface area contributed by atoms with Gasteiger partial charge in [-0.15, -0.1) is 0 Å². The highest BCUT2D eigenvalue weighted by molar-refractivity contribution is 6.09. The summed E-state index contributed by atoms with van der Waals surface area (Å²) in [4.78, 5) is 16.6. The molecule has 3 aliphatic heterocycles. The number of fused-ring (bicyclic) bond motifs is 3. The van der Waals surface area contributed by atoms with E-state index in [1.807, 2.05) is 30.0 Å². The van der Waals surface area contributed by atoms with E-state index in [1.165, 1.54) is 17.2 Å². The molecule has 0 aliphatic carbocycles. The van der Waals surface area contributed by atoms with Crippen LogP contribution in [0.15, 0.2) is 77.9 Å². The third kappa shape index (κ3) is 3.93. The second-order valence-corrected chi connectivity index (χ2v) is 10.4. The molecule has 3 heterocycles. The summed E-state index contributed by atoms with van der Waals surface area (Å²) in [6.07, 6.45) is 0.597. The fraction of sp³-hybridized carbons (Fsp3) is 0.310. The first-order chi connectivity index (χ1) is 17.4. The number of nitrogens with zero attached hydrogens (tertiary/aromatic N) is 3. The van der Waals surface area contributed by atoms with Crippen LogP contribution in [0.1, 0.15) is 36.6 Å². The van der Waals surface area contributed by atoms with Crippen LogP contribution in [0.5, 0.6) is 5.75 Å². The fourth-order valence-electron chi connectivity index (χ4n) is 5.80. The molecule has 1 amide bonds. The van der Waals surface area contributed by atoms with Gasteiger partial charge >= 0.3 is 0 Å². The van der Waals surface area contributed by atoms with Gasteiger partial charge in [0.05, 0.1) is 11.7 Å². The Labute approximate surface area is 210 Å². The Hall–Kier alpha value is -3.71. The van der Waals surface area contributed by atoms with E-state index in [0.29, 0.717) is 29.3 Å². The Balaban J connectivity index is 1.26. The van der Waals surface area contributed by atoms with Gasteiger partial charge in [0.15, 0.2) is 5.84 Å². The number of likely N-dealkylation sites (tertiary alicyclic amines) is 1. The number of hydrogen-bond acceptors (Lipinski definition) is 5. The molecule has 3 aliphatic rings. The highest BCUT2D eigenvalue weighted by Crippen LogP contribution is 2.44. The Morgan fingerprint density at radius 1 is 1.08 bits per heavy atom. The number of amidine groups is 1. The predicted molar refractivity (Wildman–Crippen MR) is 138 cm³/mol. The fourth-order valence-corrected chi connectivity index (χ4v) is 5.80. The Morgan fingerprint density at radius 3 is 2.36 bits per heavy atom. The third-order valence-electron chi connectivity index (χ3n) is 7.47. The average Bonchev–Trinajstić information content (AvgIpc) is 2.87. The molecule has 0 bridgehead atoms. The Bertz CT molecular complexity index is 1280. The van der Waals surface area contributed by atoms with Crippen molar-refractivity contribution in [3.63, 3.8) is 0 Å². The maximum atomic E-state index is 15.2. The summed E-state index contributed by atoms with van der Waals surface area (Å²) < 4.78 is 21.0. The molecule has 3 aromatic carbocycles. The molecule has 1 unspecified atom stereocenters. The van der Waals surface area contributed by atoms with Gasteiger partial charge in [-0.3, -0.25) is 9.69 Å². The lowest BCUT2D eigenvalue weighted by molar-refractivity contribution is -0.122. The molecule has 1 fully saturated rings. The average molecular weight is 485 g/mol. The molecule has 1 N–H and O–H groups in total. The molecule has 6 nitrogen and oxygen atoms in total. The zero-order valence-corrected chi connectivity index (χ0v) is 20.4. The molecule has 7 heteroatoms. The van der Waals surface area contributed by atoms with Crippen molar-refractivity contribution >= 4 is 17.4 Å². The summed E-state index contributed by atoms with van der Waals surface area (Å²) in [6, 6.07) is 24.1. The lowest BCUT2D eigenvalue weighted by Gasteiger charge is -2.52. The first-order valence-electron chi connectivity index (χ1n) is 12.4. The van der Waals surface area contributed by atoms with Crippen LogP contribution in [0.25, 0.3) is 0 Å². The summed E-state index contributed by atoms with van der Waals surface area (Å²) >= 11 is 0. The van der Waals surface area contributed by atoms with Crippen molar-refractivity contribution in [2.75, 3.05) is 24.6 Å². The van der Waals surface area contributed by atoms with Crippen LogP contribution in [0.2, 0.25) is 0 Å². The van der Waals surface area contributed by atoms with Crippen molar-refractivity contribution in [3.8, 4) is 5.75 Å². The summed E-state index contributed by atoms with van der Waals surface area (Å²) in [6.45, 7) is 5.94. The molecule has 0 radical (unpaired) electrons. The predicted octanol–water partition coefficient (Wildman–Crippen LogP) is 4.51. The van der Waals surface area contributed by atoms with Crippen LogP contribution in [-0.2, 0) is 11.2 Å². The summed E-state index contributed by atoms with van der Waals surface area (Å²) in [5.74, 6) is 0.615. The largest absolute Gasteiger partial charge is 0.483 e. The minimum atomic E-state index is -0.439. The van der Waals surface area contributed by atoms with Gasteiger partial charge in [-0.25, -0.2) is 9.82 Å². The van der Waals surface area contributed by atoms with E-state index in [1.54, 1.807) is 0 Å². The maximum absolute atomic E-state index is 15.2. The van der Waals surface area contributed by atoms with Crippen LogP contribution in [-0.4, -0.2) is 42.4 Å². The number of nitrogens with one attached hydrogen (secondary N) is 1. The zero-order chi connectivity index (χ0) is 24.9. The van der Waals surface area contributed by atoms with Gasteiger partial charge in [0, 0.05) is 19.2 Å². The molecule has 184 valence electrons. The number of carbonyl (C=O) groups is 1. The van der Waals surface area contributed by atoms with Crippen LogP contribution < -0.4 is 15.1 Å². The highest BCUT2D eigenvalue weighted by Gasteiger charge is 2.44. The Morgan fingerprint density at radius 2 is 1.72 bits per heavy atom. The van der Waals surface area contributed by atoms with E-state index in [9.17, 15) is 4.79 Å². The van der Waals surface area contributed by atoms with Crippen molar-refractivity contribution in [2.45, 2.75) is 32.4 Å². The van der Waals surface area contributed by atoms with Crippen molar-refractivity contribution in [1.82, 2.24) is 10.3 Å². The van der Waals surface area contributed by atoms with Crippen LogP contribution in [0.4, 0.5) is 10.1 Å². The first kappa shape index (κ1) is 22.7. The number of carbonyl (C=O) groups excluding carboxylic acids is 1. The molecule has 0 saturated carbocycles. The van der Waals surface area contributed by atoms with E-state index in [2.05, 4.69) is 70.9 Å². The summed E-state index contributed by atoms with van der Waals surface area (Å²) in [5.41, 5.74) is 6.31. The van der Waals surface area contributed by atoms with Crippen molar-refractivity contribution in [2.24, 2.45) is 10.5 Å². The zero-order valence-electron chi connectivity index (χ0n) is 20.4. The quantitative estimate of drug-likeness (QED) is 0.579. The van der Waals surface area contributed by atoms with E-state index in [-0.39, 0.29) is 29.8 Å². The maximum Gasteiger partial charge on any atom is 0.262 e. The summed E-state index contributed by atoms with van der Waals surface area (Å²) in [5, 5.41) is 4.14. The molecule has 36 heavy (non-hydrogen) atoms. The number of halogens is 1. The lowest BCUT2D eigenvalue weighted by Crippen LogP contribution is -2.57. The molecule has 6 rings (SSSR count). The van der Waals surface area contributed by atoms with Crippen LogP contribution in [0, 0.1) is 11.2 Å². The van der Waals surface area contributed by atoms with Crippen molar-refractivity contribution in [3.05, 3.63) is 95.3 Å². The number of anilines is 1. The van der Waals surface area contributed by atoms with Gasteiger partial charge in [-0.05, 0) is 41.5 Å². The monoisotopic (exact) mass is 484 g/mol. The first-order valence-corrected chi connectivity index (χ1v) is 12.4. The van der Waals surface area contributed by atoms with Gasteiger partial charge in [-0.1, -0.05) is 67.6 Å². The molecular weight excluding hydrogens is 455 g/mol. The SMILES string of the molecule is CC1C(=O)NN=C2COc3cc(F)c(CC4(C)CN(C(c5ccccc5)c5ccccc5)C4)cc3N21. The van der Waals surface area contributed by atoms with Crippen LogP contribution >= 0.6 is 0 Å². The standard InChI is InChI=1S/C29H29FN4O2/c1-19-28(35)32-31-26-16-36-25-14-23(30)22(13-24(25)34(19)26)15-29(2)17-33(18-29)27(20-9-5-3-6-10-20)21-11-7-4-8-12-21/h3-14,19,27H,15-18H2,1-2H3,(H,32,35). The number of ether oxygens (including phenoxy) is 1. The van der Waals surface area contributed by atoms with E-state index >= 15 is 4.39 Å². The summed E-state index contributed by atoms with van der Waals surface area (Å²) in [7, 11) is 0. The van der Waals surface area contributed by atoms with Gasteiger partial charge in [0.2, 0.25) is 0 Å². The second-order valence-electron chi connectivity index (χ2n) is 10.4. The number of hydrogen-bond donors (Lipinski definition) is 1.